The highest BCUT2D eigenvalue weighted by Gasteiger charge is 2.43. The van der Waals surface area contributed by atoms with E-state index in [1.807, 2.05) is 18.2 Å². The van der Waals surface area contributed by atoms with Gasteiger partial charge in [-0.15, -0.1) is 0 Å². The fourth-order valence-electron chi connectivity index (χ4n) is 3.12. The van der Waals surface area contributed by atoms with Crippen molar-refractivity contribution in [3.8, 4) is 11.5 Å². The lowest BCUT2D eigenvalue weighted by atomic mass is 9.74. The predicted octanol–water partition coefficient (Wildman–Crippen LogP) is 2.63. The number of nitrogens with two attached hydrogens (primary N) is 1. The zero-order valence-corrected chi connectivity index (χ0v) is 12.1. The fourth-order valence-corrected chi connectivity index (χ4v) is 3.12. The maximum Gasteiger partial charge on any atom is 0.161 e. The molecule has 1 aromatic rings. The summed E-state index contributed by atoms with van der Waals surface area (Å²) in [5.41, 5.74) is 6.86. The van der Waals surface area contributed by atoms with Crippen LogP contribution in [0.5, 0.6) is 11.5 Å². The Kier molecular flexibility index (Phi) is 3.85. The number of hydrogen-bond acceptors (Lipinski definition) is 4. The van der Waals surface area contributed by atoms with Gasteiger partial charge in [0.15, 0.2) is 11.5 Å². The van der Waals surface area contributed by atoms with E-state index in [0.29, 0.717) is 6.54 Å². The summed E-state index contributed by atoms with van der Waals surface area (Å²) in [5.74, 6) is 1.58. The molecular weight excluding hydrogens is 254 g/mol. The molecule has 2 N–H and O–H groups in total. The minimum Gasteiger partial charge on any atom is -0.493 e. The first-order valence-corrected chi connectivity index (χ1v) is 7.42. The minimum atomic E-state index is 0.0988. The van der Waals surface area contributed by atoms with E-state index in [2.05, 4.69) is 0 Å². The van der Waals surface area contributed by atoms with Crippen molar-refractivity contribution in [2.24, 2.45) is 5.73 Å². The molecule has 4 heteroatoms. The van der Waals surface area contributed by atoms with Crippen LogP contribution in [0.1, 0.15) is 37.7 Å². The quantitative estimate of drug-likeness (QED) is 0.919. The van der Waals surface area contributed by atoms with Gasteiger partial charge in [-0.3, -0.25) is 0 Å². The summed E-state index contributed by atoms with van der Waals surface area (Å²) in [7, 11) is 1.67. The predicted molar refractivity (Wildman–Crippen MR) is 77.1 cm³/mol. The summed E-state index contributed by atoms with van der Waals surface area (Å²) in [6.07, 6.45) is 5.77. The molecule has 1 heterocycles. The standard InChI is InChI=1S/C16H23NO3/c1-18-14-4-3-12(11-17)9-15(14)20-13-5-8-19-16(10-13)6-2-7-16/h3-4,9,13H,2,5-8,10-11,17H2,1H3. The Hall–Kier alpha value is -1.26. The van der Waals surface area contributed by atoms with Crippen LogP contribution < -0.4 is 15.2 Å². The molecule has 0 radical (unpaired) electrons. The molecule has 0 aromatic heterocycles. The van der Waals surface area contributed by atoms with Crippen LogP contribution in [-0.2, 0) is 11.3 Å². The molecular formula is C16H23NO3. The molecule has 3 rings (SSSR count). The molecule has 0 amide bonds. The lowest BCUT2D eigenvalue weighted by molar-refractivity contribution is -0.153. The summed E-state index contributed by atoms with van der Waals surface area (Å²) in [5, 5.41) is 0. The second-order valence-electron chi connectivity index (χ2n) is 5.81. The van der Waals surface area contributed by atoms with E-state index >= 15 is 0 Å². The van der Waals surface area contributed by atoms with E-state index in [9.17, 15) is 0 Å². The van der Waals surface area contributed by atoms with Crippen molar-refractivity contribution >= 4 is 0 Å². The number of ether oxygens (including phenoxy) is 3. The third-order valence-corrected chi connectivity index (χ3v) is 4.47. The number of rotatable bonds is 4. The lowest BCUT2D eigenvalue weighted by Crippen LogP contribution is -2.48. The Morgan fingerprint density at radius 2 is 2.20 bits per heavy atom. The molecule has 1 aromatic carbocycles. The smallest absolute Gasteiger partial charge is 0.161 e. The average molecular weight is 277 g/mol. The van der Waals surface area contributed by atoms with Gasteiger partial charge in [0.2, 0.25) is 0 Å². The number of benzene rings is 1. The van der Waals surface area contributed by atoms with E-state index in [4.69, 9.17) is 19.9 Å². The zero-order chi connectivity index (χ0) is 14.0. The minimum absolute atomic E-state index is 0.0988. The third-order valence-electron chi connectivity index (χ3n) is 4.47. The van der Waals surface area contributed by atoms with Gasteiger partial charge in [0.05, 0.1) is 19.3 Å². The maximum absolute atomic E-state index is 6.19. The summed E-state index contributed by atoms with van der Waals surface area (Å²) < 4.78 is 17.5. The first kappa shape index (κ1) is 13.7. The van der Waals surface area contributed by atoms with E-state index in [1.165, 1.54) is 19.3 Å². The molecule has 110 valence electrons. The van der Waals surface area contributed by atoms with Gasteiger partial charge in [0, 0.05) is 19.4 Å². The molecule has 2 aliphatic rings. The summed E-state index contributed by atoms with van der Waals surface area (Å²) in [6.45, 7) is 1.31. The highest BCUT2D eigenvalue weighted by molar-refractivity contribution is 5.43. The molecule has 1 aliphatic heterocycles. The maximum atomic E-state index is 6.19. The van der Waals surface area contributed by atoms with Gasteiger partial charge < -0.3 is 19.9 Å². The second kappa shape index (κ2) is 5.62. The summed E-state index contributed by atoms with van der Waals surface area (Å²) in [6, 6.07) is 5.89. The van der Waals surface area contributed by atoms with Crippen molar-refractivity contribution in [3.63, 3.8) is 0 Å². The molecule has 4 nitrogen and oxygen atoms in total. The van der Waals surface area contributed by atoms with Crippen molar-refractivity contribution in [1.82, 2.24) is 0 Å². The second-order valence-corrected chi connectivity index (χ2v) is 5.81. The molecule has 1 atom stereocenters. The van der Waals surface area contributed by atoms with Crippen LogP contribution >= 0.6 is 0 Å². The molecule has 1 aliphatic carbocycles. The first-order chi connectivity index (χ1) is 9.74. The summed E-state index contributed by atoms with van der Waals surface area (Å²) >= 11 is 0. The number of methoxy groups -OCH3 is 1. The average Bonchev–Trinajstić information content (AvgIpc) is 2.46. The van der Waals surface area contributed by atoms with Gasteiger partial charge in [-0.25, -0.2) is 0 Å². The van der Waals surface area contributed by atoms with Crippen LogP contribution in [0.15, 0.2) is 18.2 Å². The van der Waals surface area contributed by atoms with Crippen molar-refractivity contribution in [2.45, 2.75) is 50.4 Å². The van der Waals surface area contributed by atoms with Gasteiger partial charge in [0.1, 0.15) is 6.10 Å². The highest BCUT2D eigenvalue weighted by atomic mass is 16.5. The zero-order valence-electron chi connectivity index (χ0n) is 12.1. The molecule has 0 bridgehead atoms. The van der Waals surface area contributed by atoms with Crippen molar-refractivity contribution in [1.29, 1.82) is 0 Å². The Labute approximate surface area is 120 Å². The monoisotopic (exact) mass is 277 g/mol. The Morgan fingerprint density at radius 1 is 1.35 bits per heavy atom. The number of hydrogen-bond donors (Lipinski definition) is 1. The Bertz CT molecular complexity index is 471. The fraction of sp³-hybridized carbons (Fsp3) is 0.625. The van der Waals surface area contributed by atoms with Crippen LogP contribution in [0.25, 0.3) is 0 Å². The van der Waals surface area contributed by atoms with Gasteiger partial charge in [-0.2, -0.15) is 0 Å². The SMILES string of the molecule is COc1ccc(CN)cc1OC1CCOC2(CCC2)C1. The van der Waals surface area contributed by atoms with Crippen LogP contribution in [0.4, 0.5) is 0 Å². The molecule has 20 heavy (non-hydrogen) atoms. The van der Waals surface area contributed by atoms with Crippen molar-refractivity contribution < 1.29 is 14.2 Å². The topological polar surface area (TPSA) is 53.7 Å². The molecule has 2 fully saturated rings. The van der Waals surface area contributed by atoms with Gasteiger partial charge in [-0.05, 0) is 37.0 Å². The van der Waals surface area contributed by atoms with E-state index in [1.54, 1.807) is 7.11 Å². The van der Waals surface area contributed by atoms with Crippen molar-refractivity contribution in [2.75, 3.05) is 13.7 Å². The van der Waals surface area contributed by atoms with Crippen LogP contribution in [-0.4, -0.2) is 25.4 Å². The van der Waals surface area contributed by atoms with Crippen LogP contribution in [0.3, 0.4) is 0 Å². The Balaban J connectivity index is 1.73. The lowest BCUT2D eigenvalue weighted by Gasteiger charge is -2.46. The molecule has 1 saturated carbocycles. The van der Waals surface area contributed by atoms with Gasteiger partial charge >= 0.3 is 0 Å². The summed E-state index contributed by atoms with van der Waals surface area (Å²) in [4.78, 5) is 0. The normalized spacial score (nSPS) is 24.2. The van der Waals surface area contributed by atoms with Crippen LogP contribution in [0.2, 0.25) is 0 Å². The molecule has 1 spiro atoms. The highest BCUT2D eigenvalue weighted by Crippen LogP contribution is 2.43. The largest absolute Gasteiger partial charge is 0.493 e. The van der Waals surface area contributed by atoms with Crippen LogP contribution in [0, 0.1) is 0 Å². The van der Waals surface area contributed by atoms with E-state index in [-0.39, 0.29) is 11.7 Å². The van der Waals surface area contributed by atoms with Gasteiger partial charge in [0.25, 0.3) is 0 Å². The molecule has 1 unspecified atom stereocenters. The molecule has 1 saturated heterocycles. The van der Waals surface area contributed by atoms with E-state index < -0.39 is 0 Å². The van der Waals surface area contributed by atoms with Gasteiger partial charge in [-0.1, -0.05) is 6.07 Å². The Morgan fingerprint density at radius 3 is 2.85 bits per heavy atom. The van der Waals surface area contributed by atoms with E-state index in [0.717, 1.165) is 36.5 Å². The van der Waals surface area contributed by atoms with Crippen molar-refractivity contribution in [3.05, 3.63) is 23.8 Å². The third kappa shape index (κ3) is 2.63. The first-order valence-electron chi connectivity index (χ1n) is 7.42.